The maximum atomic E-state index is 12.5. The SMILES string of the molecule is CC1Oc2ccccc2N(CCC(=O)OCc2nnc(-c3ccc([N+](=O)[O-])cc3)o2)C1=O. The lowest BCUT2D eigenvalue weighted by molar-refractivity contribution is -0.384. The molecule has 164 valence electrons. The van der Waals surface area contributed by atoms with Crippen molar-refractivity contribution in [2.45, 2.75) is 26.1 Å². The van der Waals surface area contributed by atoms with Gasteiger partial charge in [-0.15, -0.1) is 10.2 Å². The van der Waals surface area contributed by atoms with E-state index < -0.39 is 17.0 Å². The molecule has 4 rings (SSSR count). The van der Waals surface area contributed by atoms with Gasteiger partial charge in [-0.3, -0.25) is 19.7 Å². The summed E-state index contributed by atoms with van der Waals surface area (Å²) in [6, 6.07) is 12.7. The third-order valence-electron chi connectivity index (χ3n) is 4.76. The van der Waals surface area contributed by atoms with Crippen molar-refractivity contribution in [1.82, 2.24) is 10.2 Å². The molecule has 3 aromatic rings. The first-order valence-electron chi connectivity index (χ1n) is 9.72. The third kappa shape index (κ3) is 4.41. The van der Waals surface area contributed by atoms with Crippen LogP contribution in [0.25, 0.3) is 11.5 Å². The lowest BCUT2D eigenvalue weighted by Crippen LogP contribution is -2.45. The molecule has 0 saturated carbocycles. The molecule has 1 aromatic heterocycles. The van der Waals surface area contributed by atoms with Crippen LogP contribution in [0.15, 0.2) is 52.9 Å². The summed E-state index contributed by atoms with van der Waals surface area (Å²) >= 11 is 0. The van der Waals surface area contributed by atoms with Crippen LogP contribution in [0.1, 0.15) is 19.2 Å². The highest BCUT2D eigenvalue weighted by molar-refractivity contribution is 6.00. The molecule has 0 aliphatic carbocycles. The van der Waals surface area contributed by atoms with Crippen LogP contribution in [-0.4, -0.2) is 39.6 Å². The molecule has 2 heterocycles. The van der Waals surface area contributed by atoms with Gasteiger partial charge in [0.1, 0.15) is 5.75 Å². The van der Waals surface area contributed by atoms with E-state index in [4.69, 9.17) is 13.9 Å². The van der Waals surface area contributed by atoms with Crippen LogP contribution >= 0.6 is 0 Å². The Morgan fingerprint density at radius 1 is 1.19 bits per heavy atom. The second kappa shape index (κ2) is 8.84. The number of rotatable bonds is 7. The van der Waals surface area contributed by atoms with Crippen LogP contribution in [0.3, 0.4) is 0 Å². The Morgan fingerprint density at radius 3 is 2.69 bits per heavy atom. The van der Waals surface area contributed by atoms with Gasteiger partial charge in [0.15, 0.2) is 12.7 Å². The normalized spacial score (nSPS) is 15.1. The van der Waals surface area contributed by atoms with E-state index in [1.54, 1.807) is 25.1 Å². The molecule has 1 unspecified atom stereocenters. The highest BCUT2D eigenvalue weighted by Gasteiger charge is 2.31. The average Bonchev–Trinajstić information content (AvgIpc) is 3.27. The summed E-state index contributed by atoms with van der Waals surface area (Å²) < 4.78 is 16.2. The number of amides is 1. The Labute approximate surface area is 181 Å². The second-order valence-electron chi connectivity index (χ2n) is 6.93. The minimum Gasteiger partial charge on any atom is -0.479 e. The van der Waals surface area contributed by atoms with Crippen LogP contribution in [0.5, 0.6) is 5.75 Å². The number of anilines is 1. The van der Waals surface area contributed by atoms with E-state index in [-0.39, 0.29) is 42.9 Å². The molecule has 0 saturated heterocycles. The van der Waals surface area contributed by atoms with E-state index in [2.05, 4.69) is 10.2 Å². The van der Waals surface area contributed by atoms with Gasteiger partial charge in [-0.05, 0) is 31.2 Å². The van der Waals surface area contributed by atoms with Crippen molar-refractivity contribution in [2.75, 3.05) is 11.4 Å². The van der Waals surface area contributed by atoms with Gasteiger partial charge in [0.05, 0.1) is 17.0 Å². The van der Waals surface area contributed by atoms with Gasteiger partial charge in [0, 0.05) is 24.2 Å². The van der Waals surface area contributed by atoms with Crippen LogP contribution in [0.4, 0.5) is 11.4 Å². The number of hydrogen-bond donors (Lipinski definition) is 0. The zero-order chi connectivity index (χ0) is 22.7. The Balaban J connectivity index is 1.32. The maximum absolute atomic E-state index is 12.5. The standard InChI is InChI=1S/C21H18N4O7/c1-13-21(27)24(16-4-2-3-5-17(16)31-13)11-10-19(26)30-12-18-22-23-20(32-18)14-6-8-15(9-7-14)25(28)29/h2-9,13H,10-12H2,1H3. The van der Waals surface area contributed by atoms with Crippen molar-refractivity contribution >= 4 is 23.3 Å². The third-order valence-corrected chi connectivity index (χ3v) is 4.76. The quantitative estimate of drug-likeness (QED) is 0.309. The molecule has 1 amide bonds. The minimum atomic E-state index is -0.642. The fraction of sp³-hybridized carbons (Fsp3) is 0.238. The molecule has 11 nitrogen and oxygen atoms in total. The predicted octanol–water partition coefficient (Wildman–Crippen LogP) is 2.89. The lowest BCUT2D eigenvalue weighted by atomic mass is 10.2. The lowest BCUT2D eigenvalue weighted by Gasteiger charge is -2.32. The van der Waals surface area contributed by atoms with E-state index >= 15 is 0 Å². The van der Waals surface area contributed by atoms with Gasteiger partial charge in [0.25, 0.3) is 17.5 Å². The Kier molecular flexibility index (Phi) is 5.79. The first-order chi connectivity index (χ1) is 15.4. The number of para-hydroxylation sites is 2. The number of nitro benzene ring substituents is 1. The van der Waals surface area contributed by atoms with Gasteiger partial charge >= 0.3 is 5.97 Å². The summed E-state index contributed by atoms with van der Waals surface area (Å²) in [4.78, 5) is 36.4. The fourth-order valence-electron chi connectivity index (χ4n) is 3.16. The van der Waals surface area contributed by atoms with Crippen LogP contribution in [-0.2, 0) is 20.9 Å². The molecule has 11 heteroatoms. The molecular weight excluding hydrogens is 420 g/mol. The number of nitrogens with zero attached hydrogens (tertiary/aromatic N) is 4. The number of nitro groups is 1. The predicted molar refractivity (Wildman–Crippen MR) is 110 cm³/mol. The molecule has 0 spiro atoms. The Hall–Kier alpha value is -4.28. The molecule has 1 atom stereocenters. The maximum Gasteiger partial charge on any atom is 0.308 e. The molecule has 0 N–H and O–H groups in total. The van der Waals surface area contributed by atoms with Gasteiger partial charge in [-0.25, -0.2) is 0 Å². The molecule has 0 fully saturated rings. The van der Waals surface area contributed by atoms with E-state index in [0.717, 1.165) is 0 Å². The Bertz CT molecular complexity index is 1160. The van der Waals surface area contributed by atoms with Gasteiger partial charge in [-0.2, -0.15) is 0 Å². The number of benzene rings is 2. The topological polar surface area (TPSA) is 138 Å². The highest BCUT2D eigenvalue weighted by Crippen LogP contribution is 2.33. The summed E-state index contributed by atoms with van der Waals surface area (Å²) in [7, 11) is 0. The number of aromatic nitrogens is 2. The molecule has 1 aliphatic heterocycles. The largest absolute Gasteiger partial charge is 0.479 e. The summed E-state index contributed by atoms with van der Waals surface area (Å²) in [5.74, 6) is 0.0341. The average molecular weight is 438 g/mol. The van der Waals surface area contributed by atoms with E-state index in [0.29, 0.717) is 17.0 Å². The summed E-state index contributed by atoms with van der Waals surface area (Å²) in [5, 5.41) is 18.4. The van der Waals surface area contributed by atoms with Crippen molar-refractivity contribution < 1.29 is 28.4 Å². The van der Waals surface area contributed by atoms with Crippen LogP contribution in [0.2, 0.25) is 0 Å². The van der Waals surface area contributed by atoms with Gasteiger partial charge in [-0.1, -0.05) is 12.1 Å². The first-order valence-corrected chi connectivity index (χ1v) is 9.72. The minimum absolute atomic E-state index is 0.0316. The fourth-order valence-corrected chi connectivity index (χ4v) is 3.16. The number of fused-ring (bicyclic) bond motifs is 1. The van der Waals surface area contributed by atoms with Crippen molar-refractivity contribution in [3.8, 4) is 17.2 Å². The van der Waals surface area contributed by atoms with Crippen LogP contribution in [0, 0.1) is 10.1 Å². The number of esters is 1. The molecule has 1 aliphatic rings. The number of non-ortho nitro benzene ring substituents is 1. The molecule has 0 bridgehead atoms. The first kappa shape index (κ1) is 21.0. The number of hydrogen-bond acceptors (Lipinski definition) is 9. The van der Waals surface area contributed by atoms with Gasteiger partial charge < -0.3 is 18.8 Å². The Morgan fingerprint density at radius 2 is 1.94 bits per heavy atom. The number of ether oxygens (including phenoxy) is 2. The number of carbonyl (C=O) groups excluding carboxylic acids is 2. The zero-order valence-electron chi connectivity index (χ0n) is 17.0. The monoisotopic (exact) mass is 438 g/mol. The van der Waals surface area contributed by atoms with Gasteiger partial charge in [0.2, 0.25) is 5.89 Å². The second-order valence-corrected chi connectivity index (χ2v) is 6.93. The summed E-state index contributed by atoms with van der Waals surface area (Å²) in [6.45, 7) is 1.56. The molecule has 2 aromatic carbocycles. The van der Waals surface area contributed by atoms with Crippen molar-refractivity contribution in [3.05, 3.63) is 64.5 Å². The number of carbonyl (C=O) groups is 2. The van der Waals surface area contributed by atoms with E-state index in [1.807, 2.05) is 6.07 Å². The zero-order valence-corrected chi connectivity index (χ0v) is 17.0. The van der Waals surface area contributed by atoms with E-state index in [9.17, 15) is 19.7 Å². The smallest absolute Gasteiger partial charge is 0.308 e. The van der Waals surface area contributed by atoms with Crippen molar-refractivity contribution in [2.24, 2.45) is 0 Å². The highest BCUT2D eigenvalue weighted by atomic mass is 16.6. The van der Waals surface area contributed by atoms with Crippen molar-refractivity contribution in [3.63, 3.8) is 0 Å². The molecule has 0 radical (unpaired) electrons. The van der Waals surface area contributed by atoms with Crippen LogP contribution < -0.4 is 9.64 Å². The van der Waals surface area contributed by atoms with E-state index in [1.165, 1.54) is 29.2 Å². The summed E-state index contributed by atoms with van der Waals surface area (Å²) in [6.07, 6.45) is -0.673. The van der Waals surface area contributed by atoms with Crippen molar-refractivity contribution in [1.29, 1.82) is 0 Å². The summed E-state index contributed by atoms with van der Waals surface area (Å²) in [5.41, 5.74) is 1.05. The molecular formula is C21H18N4O7. The molecule has 32 heavy (non-hydrogen) atoms.